The van der Waals surface area contributed by atoms with Gasteiger partial charge in [-0.2, -0.15) is 0 Å². The average molecular weight is 259 g/mol. The van der Waals surface area contributed by atoms with Crippen LogP contribution in [-0.2, 0) is 17.6 Å². The van der Waals surface area contributed by atoms with E-state index in [-0.39, 0.29) is 11.7 Å². The highest BCUT2D eigenvalue weighted by Gasteiger charge is 2.52. The summed E-state index contributed by atoms with van der Waals surface area (Å²) in [4.78, 5) is 0. The fourth-order valence-electron chi connectivity index (χ4n) is 4.27. The van der Waals surface area contributed by atoms with Crippen molar-refractivity contribution in [3.63, 3.8) is 0 Å². The van der Waals surface area contributed by atoms with Crippen molar-refractivity contribution < 1.29 is 4.74 Å². The van der Waals surface area contributed by atoms with Crippen LogP contribution in [0.25, 0.3) is 0 Å². The molecule has 0 aromatic heterocycles. The third kappa shape index (κ3) is 2.11. The Kier molecular flexibility index (Phi) is 3.40. The minimum atomic E-state index is -0.0901. The molecule has 2 heteroatoms. The van der Waals surface area contributed by atoms with E-state index in [1.165, 1.54) is 24.0 Å². The number of hydrogen-bond acceptors (Lipinski definition) is 2. The zero-order valence-electron chi connectivity index (χ0n) is 12.1. The number of benzene rings is 1. The molecule has 0 aliphatic heterocycles. The van der Waals surface area contributed by atoms with Crippen molar-refractivity contribution in [3.8, 4) is 0 Å². The van der Waals surface area contributed by atoms with Gasteiger partial charge in [-0.15, -0.1) is 0 Å². The van der Waals surface area contributed by atoms with Crippen LogP contribution in [0.3, 0.4) is 0 Å². The molecule has 0 radical (unpaired) electrons. The Bertz CT molecular complexity index is 421. The second-order valence-electron chi connectivity index (χ2n) is 6.47. The third-order valence-electron chi connectivity index (χ3n) is 5.07. The molecule has 2 atom stereocenters. The summed E-state index contributed by atoms with van der Waals surface area (Å²) in [7, 11) is 0. The van der Waals surface area contributed by atoms with Gasteiger partial charge in [-0.3, -0.25) is 0 Å². The molecule has 2 bridgehead atoms. The predicted octanol–water partition coefficient (Wildman–Crippen LogP) is 2.93. The van der Waals surface area contributed by atoms with Crippen LogP contribution in [0.2, 0.25) is 0 Å². The minimum absolute atomic E-state index is 0.0901. The lowest BCUT2D eigenvalue weighted by molar-refractivity contribution is -0.121. The van der Waals surface area contributed by atoms with E-state index in [0.717, 1.165) is 12.8 Å². The summed E-state index contributed by atoms with van der Waals surface area (Å²) < 4.78 is 6.40. The Labute approximate surface area is 116 Å². The van der Waals surface area contributed by atoms with Crippen molar-refractivity contribution in [1.82, 2.24) is 0 Å². The van der Waals surface area contributed by atoms with Crippen LogP contribution < -0.4 is 5.73 Å². The second kappa shape index (κ2) is 4.92. The SMILES string of the molecule is CC(C)OC1(CN)C2CCC1Cc1ccccc1C2. The molecule has 0 heterocycles. The van der Waals surface area contributed by atoms with Gasteiger partial charge in [-0.25, -0.2) is 0 Å². The van der Waals surface area contributed by atoms with Gasteiger partial charge in [0.15, 0.2) is 0 Å². The lowest BCUT2D eigenvalue weighted by Crippen LogP contribution is -2.51. The van der Waals surface area contributed by atoms with Gasteiger partial charge in [-0.1, -0.05) is 24.3 Å². The summed E-state index contributed by atoms with van der Waals surface area (Å²) in [6.45, 7) is 4.93. The number of ether oxygens (including phenoxy) is 1. The number of rotatable bonds is 3. The molecule has 104 valence electrons. The first-order valence-corrected chi connectivity index (χ1v) is 7.60. The molecule has 3 rings (SSSR count). The average Bonchev–Trinajstić information content (AvgIpc) is 2.61. The normalized spacial score (nSPS) is 33.3. The Morgan fingerprint density at radius 2 is 1.68 bits per heavy atom. The van der Waals surface area contributed by atoms with Crippen LogP contribution in [-0.4, -0.2) is 18.2 Å². The summed E-state index contributed by atoms with van der Waals surface area (Å²) in [6, 6.07) is 8.88. The van der Waals surface area contributed by atoms with Crippen molar-refractivity contribution in [3.05, 3.63) is 35.4 Å². The molecule has 1 fully saturated rings. The summed E-state index contributed by atoms with van der Waals surface area (Å²) in [5, 5.41) is 0. The molecule has 1 aromatic rings. The topological polar surface area (TPSA) is 35.2 Å². The third-order valence-corrected chi connectivity index (χ3v) is 5.07. The molecule has 0 amide bonds. The number of fused-ring (bicyclic) bond motifs is 3. The zero-order chi connectivity index (χ0) is 13.5. The van der Waals surface area contributed by atoms with E-state index in [2.05, 4.69) is 38.1 Å². The van der Waals surface area contributed by atoms with Crippen LogP contribution in [0.4, 0.5) is 0 Å². The van der Waals surface area contributed by atoms with E-state index in [1.54, 1.807) is 0 Å². The van der Waals surface area contributed by atoms with E-state index in [0.29, 0.717) is 18.4 Å². The van der Waals surface area contributed by atoms with Gasteiger partial charge >= 0.3 is 0 Å². The number of hydrogen-bond donors (Lipinski definition) is 1. The molecule has 1 aromatic carbocycles. The summed E-state index contributed by atoms with van der Waals surface area (Å²) >= 11 is 0. The molecule has 1 saturated carbocycles. The second-order valence-corrected chi connectivity index (χ2v) is 6.47. The van der Waals surface area contributed by atoms with Crippen molar-refractivity contribution >= 4 is 0 Å². The summed E-state index contributed by atoms with van der Waals surface area (Å²) in [5.74, 6) is 1.18. The van der Waals surface area contributed by atoms with Gasteiger partial charge in [0.25, 0.3) is 0 Å². The molecule has 2 aliphatic carbocycles. The van der Waals surface area contributed by atoms with Crippen molar-refractivity contribution in [2.24, 2.45) is 17.6 Å². The maximum atomic E-state index is 6.40. The Balaban J connectivity index is 1.98. The zero-order valence-corrected chi connectivity index (χ0v) is 12.1. The van der Waals surface area contributed by atoms with Gasteiger partial charge < -0.3 is 10.5 Å². The van der Waals surface area contributed by atoms with E-state index in [4.69, 9.17) is 10.5 Å². The fraction of sp³-hybridized carbons (Fsp3) is 0.647. The van der Waals surface area contributed by atoms with E-state index in [9.17, 15) is 0 Å². The molecular weight excluding hydrogens is 234 g/mol. The standard InChI is InChI=1S/C17H25NO/c1-12(2)19-17(11-18)15-7-8-16(17)10-14-6-4-3-5-13(14)9-15/h3-6,12,15-16H,7-11,18H2,1-2H3. The van der Waals surface area contributed by atoms with Crippen LogP contribution >= 0.6 is 0 Å². The molecule has 19 heavy (non-hydrogen) atoms. The molecule has 0 spiro atoms. The van der Waals surface area contributed by atoms with Crippen LogP contribution in [0, 0.1) is 11.8 Å². The Hall–Kier alpha value is -0.860. The fourth-order valence-corrected chi connectivity index (χ4v) is 4.27. The van der Waals surface area contributed by atoms with Crippen molar-refractivity contribution in [2.75, 3.05) is 6.54 Å². The highest BCUT2D eigenvalue weighted by atomic mass is 16.5. The van der Waals surface area contributed by atoms with Gasteiger partial charge in [0.2, 0.25) is 0 Å². The largest absolute Gasteiger partial charge is 0.370 e. The van der Waals surface area contributed by atoms with E-state index < -0.39 is 0 Å². The van der Waals surface area contributed by atoms with Gasteiger partial charge in [0.05, 0.1) is 11.7 Å². The van der Waals surface area contributed by atoms with Gasteiger partial charge in [0, 0.05) is 6.54 Å². The van der Waals surface area contributed by atoms with E-state index >= 15 is 0 Å². The molecule has 2 N–H and O–H groups in total. The molecule has 2 aliphatic rings. The minimum Gasteiger partial charge on any atom is -0.370 e. The van der Waals surface area contributed by atoms with Gasteiger partial charge in [-0.05, 0) is 62.5 Å². The quantitative estimate of drug-likeness (QED) is 0.906. The molecule has 2 unspecified atom stereocenters. The van der Waals surface area contributed by atoms with Crippen LogP contribution in [0.5, 0.6) is 0 Å². The molecule has 2 nitrogen and oxygen atoms in total. The number of nitrogens with two attached hydrogens (primary N) is 1. The highest BCUT2D eigenvalue weighted by Crippen LogP contribution is 2.49. The summed E-state index contributed by atoms with van der Waals surface area (Å²) in [6.07, 6.45) is 5.06. The predicted molar refractivity (Wildman–Crippen MR) is 78.1 cm³/mol. The maximum absolute atomic E-state index is 6.40. The Morgan fingerprint density at radius 3 is 2.11 bits per heavy atom. The first-order chi connectivity index (χ1) is 9.15. The first-order valence-electron chi connectivity index (χ1n) is 7.60. The Morgan fingerprint density at radius 1 is 1.16 bits per heavy atom. The summed E-state index contributed by atoms with van der Waals surface area (Å²) in [5.41, 5.74) is 9.12. The van der Waals surface area contributed by atoms with Crippen LogP contribution in [0.1, 0.15) is 37.8 Å². The lowest BCUT2D eigenvalue weighted by atomic mass is 9.82. The van der Waals surface area contributed by atoms with Crippen molar-refractivity contribution in [1.29, 1.82) is 0 Å². The first kappa shape index (κ1) is 13.1. The highest BCUT2D eigenvalue weighted by molar-refractivity contribution is 5.32. The molecular formula is C17H25NO. The molecule has 0 saturated heterocycles. The van der Waals surface area contributed by atoms with Crippen LogP contribution in [0.15, 0.2) is 24.3 Å². The lowest BCUT2D eigenvalue weighted by Gasteiger charge is -2.39. The monoisotopic (exact) mass is 259 g/mol. The van der Waals surface area contributed by atoms with E-state index in [1.807, 2.05) is 0 Å². The van der Waals surface area contributed by atoms with Gasteiger partial charge in [0.1, 0.15) is 0 Å². The maximum Gasteiger partial charge on any atom is 0.0869 e. The van der Waals surface area contributed by atoms with Crippen molar-refractivity contribution in [2.45, 2.75) is 51.2 Å². The smallest absolute Gasteiger partial charge is 0.0869 e.